The van der Waals surface area contributed by atoms with E-state index in [1.807, 2.05) is 0 Å². The Morgan fingerprint density at radius 3 is 2.79 bits per heavy atom. The van der Waals surface area contributed by atoms with Crippen LogP contribution in [0.1, 0.15) is 24.8 Å². The van der Waals surface area contributed by atoms with Crippen LogP contribution in [0.25, 0.3) is 0 Å². The van der Waals surface area contributed by atoms with Gasteiger partial charge in [-0.05, 0) is 19.1 Å². The number of hydrogen-bond acceptors (Lipinski definition) is 3. The third kappa shape index (κ3) is 2.96. The Morgan fingerprint density at radius 1 is 1.47 bits per heavy atom. The summed E-state index contributed by atoms with van der Waals surface area (Å²) in [6.45, 7) is 2.34. The second-order valence-corrected chi connectivity index (χ2v) is 5.63. The van der Waals surface area contributed by atoms with Crippen LogP contribution in [0.2, 0.25) is 10.0 Å². The number of β-amino-alcohol motifs (C(OH)–C–C–N with tert-alkyl or cyclic N) is 1. The van der Waals surface area contributed by atoms with Crippen molar-refractivity contribution in [1.82, 2.24) is 4.90 Å². The van der Waals surface area contributed by atoms with E-state index < -0.39 is 6.10 Å². The molecule has 1 fully saturated rings. The lowest BCUT2D eigenvalue weighted by molar-refractivity contribution is -0.128. The van der Waals surface area contributed by atoms with Gasteiger partial charge in [0.2, 0.25) is 5.91 Å². The number of aliphatic hydroxyl groups excluding tert-OH is 1. The number of aliphatic hydroxyl groups is 1. The topological polar surface area (TPSA) is 60.8 Å². The third-order valence-electron chi connectivity index (χ3n) is 3.22. The van der Waals surface area contributed by atoms with Gasteiger partial charge in [0.25, 0.3) is 0 Å². The zero-order valence-electron chi connectivity index (χ0n) is 10.4. The first-order valence-corrected chi connectivity index (χ1v) is 6.78. The van der Waals surface area contributed by atoms with Crippen LogP contribution < -0.4 is 0 Å². The van der Waals surface area contributed by atoms with Crippen molar-refractivity contribution in [3.05, 3.63) is 27.7 Å². The summed E-state index contributed by atoms with van der Waals surface area (Å²) in [7, 11) is 0. The van der Waals surface area contributed by atoms with E-state index in [9.17, 15) is 15.0 Å². The van der Waals surface area contributed by atoms with Gasteiger partial charge < -0.3 is 15.1 Å². The van der Waals surface area contributed by atoms with E-state index in [4.69, 9.17) is 23.2 Å². The van der Waals surface area contributed by atoms with Crippen LogP contribution >= 0.6 is 23.2 Å². The van der Waals surface area contributed by atoms with Crippen molar-refractivity contribution in [3.8, 4) is 5.75 Å². The first-order valence-electron chi connectivity index (χ1n) is 6.02. The zero-order chi connectivity index (χ0) is 14.2. The molecule has 1 aromatic rings. The number of carbonyl (C=O) groups excluding carboxylic acids is 1. The SMILES string of the molecule is CC(O)CN1C[C@H](c2c(O)ccc(Cl)c2Cl)CC1=O. The first kappa shape index (κ1) is 14.4. The van der Waals surface area contributed by atoms with E-state index in [-0.39, 0.29) is 30.5 Å². The number of amides is 1. The maximum atomic E-state index is 11.9. The number of rotatable bonds is 3. The normalized spacial score (nSPS) is 20.9. The molecule has 0 saturated carbocycles. The van der Waals surface area contributed by atoms with Crippen LogP contribution in [0, 0.1) is 0 Å². The average molecular weight is 304 g/mol. The van der Waals surface area contributed by atoms with Gasteiger partial charge in [-0.25, -0.2) is 0 Å². The fourth-order valence-electron chi connectivity index (χ4n) is 2.41. The highest BCUT2D eigenvalue weighted by molar-refractivity contribution is 6.42. The highest BCUT2D eigenvalue weighted by Crippen LogP contribution is 2.41. The fraction of sp³-hybridized carbons (Fsp3) is 0.462. The molecule has 1 aliphatic heterocycles. The largest absolute Gasteiger partial charge is 0.508 e. The maximum absolute atomic E-state index is 11.9. The van der Waals surface area contributed by atoms with Gasteiger partial charge in [0.15, 0.2) is 0 Å². The monoisotopic (exact) mass is 303 g/mol. The Hall–Kier alpha value is -0.970. The molecule has 2 N–H and O–H groups in total. The van der Waals surface area contributed by atoms with Crippen molar-refractivity contribution >= 4 is 29.1 Å². The van der Waals surface area contributed by atoms with Gasteiger partial charge in [-0.1, -0.05) is 23.2 Å². The Bertz CT molecular complexity index is 505. The van der Waals surface area contributed by atoms with Crippen LogP contribution in [0.3, 0.4) is 0 Å². The minimum absolute atomic E-state index is 0.0473. The molecule has 0 bridgehead atoms. The molecule has 2 rings (SSSR count). The molecule has 1 heterocycles. The van der Waals surface area contributed by atoms with Crippen LogP contribution in [0.5, 0.6) is 5.75 Å². The summed E-state index contributed by atoms with van der Waals surface area (Å²) in [5.41, 5.74) is 0.510. The molecule has 2 atom stereocenters. The van der Waals surface area contributed by atoms with Crippen LogP contribution in [0.15, 0.2) is 12.1 Å². The fourth-order valence-corrected chi connectivity index (χ4v) is 2.88. The second-order valence-electron chi connectivity index (χ2n) is 4.84. The Kier molecular flexibility index (Phi) is 4.23. The highest BCUT2D eigenvalue weighted by atomic mass is 35.5. The number of likely N-dealkylation sites (tertiary alicyclic amines) is 1. The molecule has 1 saturated heterocycles. The minimum Gasteiger partial charge on any atom is -0.508 e. The summed E-state index contributed by atoms with van der Waals surface area (Å²) >= 11 is 12.0. The van der Waals surface area contributed by atoms with Crippen molar-refractivity contribution in [2.45, 2.75) is 25.4 Å². The summed E-state index contributed by atoms with van der Waals surface area (Å²) in [6.07, 6.45) is -0.313. The van der Waals surface area contributed by atoms with Crippen LogP contribution in [0.4, 0.5) is 0 Å². The molecular formula is C13H15Cl2NO3. The van der Waals surface area contributed by atoms with Gasteiger partial charge in [-0.2, -0.15) is 0 Å². The van der Waals surface area contributed by atoms with Crippen molar-refractivity contribution < 1.29 is 15.0 Å². The number of aromatic hydroxyl groups is 1. The predicted molar refractivity (Wildman–Crippen MR) is 73.7 cm³/mol. The minimum atomic E-state index is -0.578. The zero-order valence-corrected chi connectivity index (χ0v) is 11.9. The van der Waals surface area contributed by atoms with Crippen LogP contribution in [-0.2, 0) is 4.79 Å². The third-order valence-corrected chi connectivity index (χ3v) is 4.04. The van der Waals surface area contributed by atoms with Gasteiger partial charge in [0, 0.05) is 31.0 Å². The first-order chi connectivity index (χ1) is 8.90. The average Bonchev–Trinajstić information content (AvgIpc) is 2.65. The van der Waals surface area contributed by atoms with E-state index in [1.165, 1.54) is 12.1 Å². The molecule has 104 valence electrons. The molecule has 19 heavy (non-hydrogen) atoms. The van der Waals surface area contributed by atoms with E-state index >= 15 is 0 Å². The summed E-state index contributed by atoms with van der Waals surface area (Å²) in [6, 6.07) is 3.00. The molecule has 1 amide bonds. The van der Waals surface area contributed by atoms with Crippen molar-refractivity contribution in [2.75, 3.05) is 13.1 Å². The lowest BCUT2D eigenvalue weighted by Crippen LogP contribution is -2.32. The van der Waals surface area contributed by atoms with E-state index in [1.54, 1.807) is 11.8 Å². The molecular weight excluding hydrogens is 289 g/mol. The molecule has 0 aromatic heterocycles. The number of nitrogens with zero attached hydrogens (tertiary/aromatic N) is 1. The Labute approximate surface area is 121 Å². The molecule has 1 aromatic carbocycles. The number of benzene rings is 1. The number of phenols is 1. The van der Waals surface area contributed by atoms with Crippen molar-refractivity contribution in [2.24, 2.45) is 0 Å². The standard InChI is InChI=1S/C13H15Cl2NO3/c1-7(17)5-16-6-8(4-11(16)19)12-10(18)3-2-9(14)13(12)15/h2-3,7-8,17-18H,4-6H2,1H3/t7?,8-/m1/s1. The molecule has 0 spiro atoms. The van der Waals surface area contributed by atoms with Gasteiger partial charge in [0.05, 0.1) is 16.1 Å². The smallest absolute Gasteiger partial charge is 0.223 e. The quantitative estimate of drug-likeness (QED) is 0.901. The Balaban J connectivity index is 2.25. The molecule has 6 heteroatoms. The van der Waals surface area contributed by atoms with E-state index in [0.717, 1.165) is 0 Å². The molecule has 0 aliphatic carbocycles. The van der Waals surface area contributed by atoms with Gasteiger partial charge in [0.1, 0.15) is 5.75 Å². The Morgan fingerprint density at radius 2 is 2.16 bits per heavy atom. The number of halogens is 2. The number of hydrogen-bond donors (Lipinski definition) is 2. The van der Waals surface area contributed by atoms with E-state index in [2.05, 4.69) is 0 Å². The maximum Gasteiger partial charge on any atom is 0.223 e. The molecule has 1 aliphatic rings. The number of phenolic OH excluding ortho intramolecular Hbond substituents is 1. The number of carbonyl (C=O) groups is 1. The van der Waals surface area contributed by atoms with Gasteiger partial charge in [-0.3, -0.25) is 4.79 Å². The molecule has 1 unspecified atom stereocenters. The van der Waals surface area contributed by atoms with Crippen molar-refractivity contribution in [1.29, 1.82) is 0 Å². The predicted octanol–water partition coefficient (Wildman–Crippen LogP) is 2.40. The van der Waals surface area contributed by atoms with Gasteiger partial charge >= 0.3 is 0 Å². The second kappa shape index (κ2) is 5.57. The highest BCUT2D eigenvalue weighted by Gasteiger charge is 2.34. The van der Waals surface area contributed by atoms with Gasteiger partial charge in [-0.15, -0.1) is 0 Å². The van der Waals surface area contributed by atoms with E-state index in [0.29, 0.717) is 22.2 Å². The lowest BCUT2D eigenvalue weighted by atomic mass is 9.97. The summed E-state index contributed by atoms with van der Waals surface area (Å²) in [5.74, 6) is -0.204. The van der Waals surface area contributed by atoms with Crippen LogP contribution in [-0.4, -0.2) is 40.2 Å². The van der Waals surface area contributed by atoms with Crippen molar-refractivity contribution in [3.63, 3.8) is 0 Å². The summed E-state index contributed by atoms with van der Waals surface area (Å²) < 4.78 is 0. The summed E-state index contributed by atoms with van der Waals surface area (Å²) in [4.78, 5) is 13.4. The lowest BCUT2D eigenvalue weighted by Gasteiger charge is -2.19. The molecule has 0 radical (unpaired) electrons. The molecule has 4 nitrogen and oxygen atoms in total. The summed E-state index contributed by atoms with van der Waals surface area (Å²) in [5, 5.41) is 19.9.